The molecule has 0 aliphatic carbocycles. The molecule has 0 unspecified atom stereocenters. The Labute approximate surface area is 143 Å². The van der Waals surface area contributed by atoms with Crippen molar-refractivity contribution in [2.75, 3.05) is 31.1 Å². The maximum atomic E-state index is 12.7. The molecule has 1 amide bonds. The number of furan rings is 1. The van der Waals surface area contributed by atoms with Gasteiger partial charge in [-0.05, 0) is 25.5 Å². The van der Waals surface area contributed by atoms with E-state index >= 15 is 0 Å². The third-order valence-corrected chi connectivity index (χ3v) is 6.49. The van der Waals surface area contributed by atoms with Crippen LogP contribution in [-0.4, -0.2) is 67.3 Å². The molecule has 0 spiro atoms. The molecular formula is C17H24N2O4S. The largest absolute Gasteiger partial charge is 0.459 e. The van der Waals surface area contributed by atoms with E-state index < -0.39 is 9.84 Å². The molecule has 6 nitrogen and oxygen atoms in total. The Morgan fingerprint density at radius 2 is 2.08 bits per heavy atom. The number of hydrogen-bond donors (Lipinski definition) is 0. The first-order chi connectivity index (χ1) is 11.4. The molecule has 2 aliphatic heterocycles. The first-order valence-electron chi connectivity index (χ1n) is 8.36. The van der Waals surface area contributed by atoms with Crippen molar-refractivity contribution in [3.05, 3.63) is 35.8 Å². The lowest BCUT2D eigenvalue weighted by Crippen LogP contribution is -2.60. The summed E-state index contributed by atoms with van der Waals surface area (Å²) in [5, 5.41) is 0. The van der Waals surface area contributed by atoms with Gasteiger partial charge in [0.25, 0.3) is 5.91 Å². The van der Waals surface area contributed by atoms with Gasteiger partial charge in [-0.25, -0.2) is 8.42 Å². The van der Waals surface area contributed by atoms with Crippen molar-refractivity contribution in [2.24, 2.45) is 0 Å². The molecule has 3 heterocycles. The Bertz CT molecular complexity index is 724. The van der Waals surface area contributed by atoms with Crippen LogP contribution in [0, 0.1) is 0 Å². The van der Waals surface area contributed by atoms with Gasteiger partial charge in [-0.15, -0.1) is 0 Å². The van der Waals surface area contributed by atoms with Crippen LogP contribution in [0.3, 0.4) is 0 Å². The number of rotatable bonds is 4. The highest BCUT2D eigenvalue weighted by Gasteiger charge is 2.48. The van der Waals surface area contributed by atoms with Crippen LogP contribution in [0.15, 0.2) is 34.5 Å². The van der Waals surface area contributed by atoms with Gasteiger partial charge in [0.1, 0.15) is 0 Å². The van der Waals surface area contributed by atoms with Crippen LogP contribution in [0.4, 0.5) is 0 Å². The van der Waals surface area contributed by atoms with Crippen LogP contribution in [0.25, 0.3) is 0 Å². The van der Waals surface area contributed by atoms with E-state index in [0.29, 0.717) is 13.1 Å². The zero-order chi connectivity index (χ0) is 17.3. The smallest absolute Gasteiger partial charge is 0.289 e. The summed E-state index contributed by atoms with van der Waals surface area (Å²) in [6.45, 7) is 6.12. The lowest BCUT2D eigenvalue weighted by Gasteiger charge is -2.43. The molecule has 3 rings (SSSR count). The zero-order valence-corrected chi connectivity index (χ0v) is 15.0. The Morgan fingerprint density at radius 1 is 1.33 bits per heavy atom. The van der Waals surface area contributed by atoms with Crippen LogP contribution in [0.2, 0.25) is 0 Å². The molecular weight excluding hydrogens is 328 g/mol. The maximum absolute atomic E-state index is 12.7. The first kappa shape index (κ1) is 17.2. The fourth-order valence-corrected chi connectivity index (χ4v) is 5.76. The van der Waals surface area contributed by atoms with Crippen LogP contribution in [0.1, 0.15) is 30.8 Å². The number of fused-ring (bicyclic) bond motifs is 1. The summed E-state index contributed by atoms with van der Waals surface area (Å²) in [7, 11) is -3.13. The molecule has 0 saturated carbocycles. The van der Waals surface area contributed by atoms with Gasteiger partial charge in [0.15, 0.2) is 15.6 Å². The van der Waals surface area contributed by atoms with Gasteiger partial charge in [-0.3, -0.25) is 9.69 Å². The van der Waals surface area contributed by atoms with Crippen molar-refractivity contribution in [3.8, 4) is 0 Å². The molecule has 2 aliphatic rings. The minimum absolute atomic E-state index is 0.0388. The second kappa shape index (κ2) is 6.72. The van der Waals surface area contributed by atoms with Gasteiger partial charge in [0.2, 0.25) is 0 Å². The monoisotopic (exact) mass is 352 g/mol. The number of allylic oxidation sites excluding steroid dienone is 1. The quantitative estimate of drug-likeness (QED) is 0.769. The second-order valence-corrected chi connectivity index (χ2v) is 8.77. The van der Waals surface area contributed by atoms with E-state index in [9.17, 15) is 13.2 Å². The van der Waals surface area contributed by atoms with Crippen molar-refractivity contribution in [3.63, 3.8) is 0 Å². The molecule has 0 aromatic carbocycles. The van der Waals surface area contributed by atoms with Gasteiger partial charge in [0.05, 0.1) is 23.8 Å². The molecule has 24 heavy (non-hydrogen) atoms. The lowest BCUT2D eigenvalue weighted by molar-refractivity contribution is 0.0336. The molecule has 0 bridgehead atoms. The fraction of sp³-hybridized carbons (Fsp3) is 0.588. The minimum Gasteiger partial charge on any atom is -0.459 e. The van der Waals surface area contributed by atoms with Gasteiger partial charge in [-0.1, -0.05) is 18.6 Å². The van der Waals surface area contributed by atoms with Gasteiger partial charge in [-0.2, -0.15) is 0 Å². The number of piperazine rings is 1. The van der Waals surface area contributed by atoms with Crippen molar-refractivity contribution >= 4 is 15.7 Å². The summed E-state index contributed by atoms with van der Waals surface area (Å²) in [5.74, 6) is 0.219. The fourth-order valence-electron chi connectivity index (χ4n) is 3.75. The summed E-state index contributed by atoms with van der Waals surface area (Å²) in [6, 6.07) is 2.87. The Morgan fingerprint density at radius 3 is 2.75 bits per heavy atom. The summed E-state index contributed by atoms with van der Waals surface area (Å²) >= 11 is 0. The molecule has 132 valence electrons. The highest BCUT2D eigenvalue weighted by molar-refractivity contribution is 7.91. The average Bonchev–Trinajstić information content (AvgIpc) is 3.13. The highest BCUT2D eigenvalue weighted by atomic mass is 32.2. The summed E-state index contributed by atoms with van der Waals surface area (Å²) in [6.07, 6.45) is 4.60. The first-order valence-corrected chi connectivity index (χ1v) is 10.2. The van der Waals surface area contributed by atoms with Crippen LogP contribution in [0.5, 0.6) is 0 Å². The topological polar surface area (TPSA) is 70.8 Å². The number of carbonyl (C=O) groups is 1. The second-order valence-electron chi connectivity index (χ2n) is 6.62. The summed E-state index contributed by atoms with van der Waals surface area (Å²) in [5.41, 5.74) is 1.24. The Balaban J connectivity index is 1.82. The Hall–Kier alpha value is -1.60. The molecule has 2 fully saturated rings. The van der Waals surface area contributed by atoms with E-state index in [-0.39, 0.29) is 35.3 Å². The van der Waals surface area contributed by atoms with Crippen LogP contribution < -0.4 is 0 Å². The molecule has 0 N–H and O–H groups in total. The standard InChI is InChI=1S/C17H24N2O4S/c1-3-5-13(2)10-18-7-8-19(17(20)16-6-4-9-23-16)15-12-24(21,22)11-14(15)18/h4-6,9,14-15H,3,7-8,10-12H2,1-2H3/b13-5+/t14-,15+/m1/s1. The molecule has 2 saturated heterocycles. The molecule has 0 radical (unpaired) electrons. The van der Waals surface area contributed by atoms with Crippen molar-refractivity contribution in [1.82, 2.24) is 9.80 Å². The normalized spacial score (nSPS) is 27.2. The number of amides is 1. The van der Waals surface area contributed by atoms with E-state index in [1.54, 1.807) is 17.0 Å². The minimum atomic E-state index is -3.13. The predicted molar refractivity (Wildman–Crippen MR) is 91.6 cm³/mol. The van der Waals surface area contributed by atoms with E-state index in [1.165, 1.54) is 11.8 Å². The van der Waals surface area contributed by atoms with Gasteiger partial charge in [0, 0.05) is 25.7 Å². The van der Waals surface area contributed by atoms with Gasteiger partial charge < -0.3 is 9.32 Å². The molecule has 2 atom stereocenters. The molecule has 7 heteroatoms. The van der Waals surface area contributed by atoms with Crippen molar-refractivity contribution < 1.29 is 17.6 Å². The Kier molecular flexibility index (Phi) is 4.83. The number of carbonyl (C=O) groups excluding carboxylic acids is 1. The number of sulfone groups is 1. The van der Waals surface area contributed by atoms with E-state index in [0.717, 1.165) is 13.0 Å². The highest BCUT2D eigenvalue weighted by Crippen LogP contribution is 2.28. The third kappa shape index (κ3) is 3.42. The maximum Gasteiger partial charge on any atom is 0.289 e. The molecule has 1 aromatic rings. The SMILES string of the molecule is CC/C=C(\C)CN1CCN(C(=O)c2ccco2)[C@H]2CS(=O)(=O)C[C@H]21. The molecule has 1 aromatic heterocycles. The average molecular weight is 352 g/mol. The predicted octanol–water partition coefficient (Wildman–Crippen LogP) is 1.56. The lowest BCUT2D eigenvalue weighted by atomic mass is 10.0. The number of hydrogen-bond acceptors (Lipinski definition) is 5. The van der Waals surface area contributed by atoms with E-state index in [2.05, 4.69) is 24.8 Å². The van der Waals surface area contributed by atoms with E-state index in [4.69, 9.17) is 4.42 Å². The summed E-state index contributed by atoms with van der Waals surface area (Å²) in [4.78, 5) is 16.5. The van der Waals surface area contributed by atoms with Crippen molar-refractivity contribution in [2.45, 2.75) is 32.4 Å². The van der Waals surface area contributed by atoms with Crippen LogP contribution in [-0.2, 0) is 9.84 Å². The summed E-state index contributed by atoms with van der Waals surface area (Å²) < 4.78 is 29.6. The van der Waals surface area contributed by atoms with Gasteiger partial charge >= 0.3 is 0 Å². The number of nitrogens with zero attached hydrogens (tertiary/aromatic N) is 2. The van der Waals surface area contributed by atoms with Crippen molar-refractivity contribution in [1.29, 1.82) is 0 Å². The van der Waals surface area contributed by atoms with E-state index in [1.807, 2.05) is 0 Å². The van der Waals surface area contributed by atoms with Crippen LogP contribution >= 0.6 is 0 Å². The third-order valence-electron chi connectivity index (χ3n) is 4.79. The zero-order valence-electron chi connectivity index (χ0n) is 14.1.